The number of carbonyl (C=O) groups excluding carboxylic acids is 1. The maximum atomic E-state index is 12.2. The van der Waals surface area contributed by atoms with Crippen molar-refractivity contribution in [2.75, 3.05) is 6.61 Å². The molecule has 0 heterocycles. The molecule has 0 saturated carbocycles. The Hall–Kier alpha value is -2.37. The lowest BCUT2D eigenvalue weighted by Crippen LogP contribution is -2.13. The summed E-state index contributed by atoms with van der Waals surface area (Å²) < 4.78 is 5.18. The molecule has 2 N–H and O–H groups in total. The van der Waals surface area contributed by atoms with Crippen LogP contribution in [-0.4, -0.2) is 34.7 Å². The third-order valence-corrected chi connectivity index (χ3v) is 5.45. The standard InChI is InChI=1S/C25H38O6/c1-2-3-4-5-6-7-8-9-10-11-12-13-14-15-18-31-25(30)21-17-16-20(23(26)27)19-22(21)24(28)29/h16-17,19H,2-15,18H2,1H3,(H,26,27)(H,28,29). The quantitative estimate of drug-likeness (QED) is 0.196. The van der Waals surface area contributed by atoms with Crippen molar-refractivity contribution in [2.45, 2.75) is 96.8 Å². The van der Waals surface area contributed by atoms with Crippen molar-refractivity contribution in [1.29, 1.82) is 0 Å². The average molecular weight is 435 g/mol. The molecule has 0 aliphatic heterocycles. The number of hydrogen-bond acceptors (Lipinski definition) is 4. The third kappa shape index (κ3) is 11.6. The molecule has 174 valence electrons. The molecule has 0 amide bonds. The molecule has 1 aromatic carbocycles. The summed E-state index contributed by atoms with van der Waals surface area (Å²) in [5.74, 6) is -3.33. The van der Waals surface area contributed by atoms with Crippen LogP contribution in [0, 0.1) is 0 Å². The van der Waals surface area contributed by atoms with Gasteiger partial charge in [-0.25, -0.2) is 14.4 Å². The molecular formula is C25H38O6. The maximum absolute atomic E-state index is 12.2. The topological polar surface area (TPSA) is 101 Å². The predicted octanol–water partition coefficient (Wildman–Crippen LogP) is 6.72. The molecule has 0 bridgehead atoms. The van der Waals surface area contributed by atoms with Gasteiger partial charge in [-0.2, -0.15) is 0 Å². The van der Waals surface area contributed by atoms with Gasteiger partial charge >= 0.3 is 17.9 Å². The molecule has 6 nitrogen and oxygen atoms in total. The van der Waals surface area contributed by atoms with E-state index in [1.165, 1.54) is 82.8 Å². The minimum absolute atomic E-state index is 0.122. The van der Waals surface area contributed by atoms with Gasteiger partial charge in [0.25, 0.3) is 0 Å². The normalized spacial score (nSPS) is 10.7. The van der Waals surface area contributed by atoms with E-state index < -0.39 is 17.9 Å². The average Bonchev–Trinajstić information content (AvgIpc) is 2.75. The van der Waals surface area contributed by atoms with Crippen molar-refractivity contribution in [3.63, 3.8) is 0 Å². The van der Waals surface area contributed by atoms with Crippen LogP contribution in [0.3, 0.4) is 0 Å². The number of rotatable bonds is 18. The van der Waals surface area contributed by atoms with Crippen molar-refractivity contribution < 1.29 is 29.3 Å². The SMILES string of the molecule is CCCCCCCCCCCCCCCCOC(=O)c1ccc(C(=O)O)cc1C(=O)O. The molecule has 1 rings (SSSR count). The Morgan fingerprint density at radius 3 is 1.61 bits per heavy atom. The van der Waals surface area contributed by atoms with Crippen molar-refractivity contribution in [1.82, 2.24) is 0 Å². The number of benzene rings is 1. The minimum Gasteiger partial charge on any atom is -0.478 e. The molecule has 0 aromatic heterocycles. The van der Waals surface area contributed by atoms with Gasteiger partial charge in [0, 0.05) is 0 Å². The number of carbonyl (C=O) groups is 3. The van der Waals surface area contributed by atoms with Crippen LogP contribution < -0.4 is 0 Å². The Labute approximate surface area is 186 Å². The molecule has 0 aliphatic carbocycles. The highest BCUT2D eigenvalue weighted by Gasteiger charge is 2.20. The highest BCUT2D eigenvalue weighted by Crippen LogP contribution is 2.16. The fraction of sp³-hybridized carbons (Fsp3) is 0.640. The maximum Gasteiger partial charge on any atom is 0.339 e. The van der Waals surface area contributed by atoms with Crippen LogP contribution in [0.15, 0.2) is 18.2 Å². The molecule has 6 heteroatoms. The van der Waals surface area contributed by atoms with Gasteiger partial charge in [0.2, 0.25) is 0 Å². The highest BCUT2D eigenvalue weighted by atomic mass is 16.5. The van der Waals surface area contributed by atoms with Gasteiger partial charge in [-0.05, 0) is 24.6 Å². The van der Waals surface area contributed by atoms with Crippen LogP contribution in [0.4, 0.5) is 0 Å². The zero-order valence-electron chi connectivity index (χ0n) is 18.9. The first-order chi connectivity index (χ1) is 15.0. The first-order valence-corrected chi connectivity index (χ1v) is 11.7. The van der Waals surface area contributed by atoms with E-state index in [4.69, 9.17) is 9.84 Å². The van der Waals surface area contributed by atoms with E-state index in [1.807, 2.05) is 0 Å². The lowest BCUT2D eigenvalue weighted by atomic mass is 10.0. The first kappa shape index (κ1) is 26.7. The Bertz CT molecular complexity index is 683. The number of ether oxygens (including phenoxy) is 1. The van der Waals surface area contributed by atoms with Crippen molar-refractivity contribution in [2.24, 2.45) is 0 Å². The predicted molar refractivity (Wildman–Crippen MR) is 121 cm³/mol. The number of hydrogen-bond donors (Lipinski definition) is 2. The van der Waals surface area contributed by atoms with Crippen LogP contribution in [0.5, 0.6) is 0 Å². The molecule has 0 unspecified atom stereocenters. The molecule has 0 atom stereocenters. The van der Waals surface area contributed by atoms with Crippen LogP contribution >= 0.6 is 0 Å². The van der Waals surface area contributed by atoms with E-state index in [1.54, 1.807) is 0 Å². The summed E-state index contributed by atoms with van der Waals surface area (Å²) in [6, 6.07) is 3.38. The van der Waals surface area contributed by atoms with Crippen LogP contribution in [-0.2, 0) is 4.74 Å². The van der Waals surface area contributed by atoms with E-state index in [0.29, 0.717) is 0 Å². The number of carboxylic acids is 2. The molecule has 0 aliphatic rings. The van der Waals surface area contributed by atoms with Gasteiger partial charge in [0.1, 0.15) is 0 Å². The van der Waals surface area contributed by atoms with Gasteiger partial charge in [-0.1, -0.05) is 90.4 Å². The third-order valence-electron chi connectivity index (χ3n) is 5.45. The lowest BCUT2D eigenvalue weighted by molar-refractivity contribution is 0.0486. The Kier molecular flexibility index (Phi) is 14.1. The van der Waals surface area contributed by atoms with Gasteiger partial charge in [-0.3, -0.25) is 0 Å². The summed E-state index contributed by atoms with van der Waals surface area (Å²) in [6.45, 7) is 2.48. The summed E-state index contributed by atoms with van der Waals surface area (Å²) in [6.07, 6.45) is 17.3. The summed E-state index contributed by atoms with van der Waals surface area (Å²) >= 11 is 0. The minimum atomic E-state index is -1.36. The molecule has 0 fully saturated rings. The lowest BCUT2D eigenvalue weighted by Gasteiger charge is -2.08. The van der Waals surface area contributed by atoms with E-state index >= 15 is 0 Å². The fourth-order valence-electron chi connectivity index (χ4n) is 3.57. The summed E-state index contributed by atoms with van der Waals surface area (Å²) in [7, 11) is 0. The largest absolute Gasteiger partial charge is 0.478 e. The zero-order chi connectivity index (χ0) is 22.9. The van der Waals surface area contributed by atoms with Crippen LogP contribution in [0.25, 0.3) is 0 Å². The van der Waals surface area contributed by atoms with Crippen molar-refractivity contribution in [3.8, 4) is 0 Å². The number of aromatic carboxylic acids is 2. The van der Waals surface area contributed by atoms with Gasteiger partial charge < -0.3 is 14.9 Å². The second kappa shape index (κ2) is 16.3. The molecule has 1 aromatic rings. The molecule has 0 spiro atoms. The monoisotopic (exact) mass is 434 g/mol. The van der Waals surface area contributed by atoms with Crippen LogP contribution in [0.2, 0.25) is 0 Å². The van der Waals surface area contributed by atoms with Gasteiger partial charge in [0.15, 0.2) is 0 Å². The number of carboxylic acid groups (broad SMARTS) is 2. The number of esters is 1. The summed E-state index contributed by atoms with van der Waals surface area (Å²) in [5.41, 5.74) is -0.658. The molecule has 0 radical (unpaired) electrons. The molecule has 0 saturated heterocycles. The van der Waals surface area contributed by atoms with E-state index in [-0.39, 0.29) is 23.3 Å². The van der Waals surface area contributed by atoms with Crippen molar-refractivity contribution in [3.05, 3.63) is 34.9 Å². The molecular weight excluding hydrogens is 396 g/mol. The van der Waals surface area contributed by atoms with Crippen LogP contribution in [0.1, 0.15) is 128 Å². The Balaban J connectivity index is 2.10. The van der Waals surface area contributed by atoms with E-state index in [0.717, 1.165) is 25.3 Å². The fourth-order valence-corrected chi connectivity index (χ4v) is 3.57. The first-order valence-electron chi connectivity index (χ1n) is 11.7. The summed E-state index contributed by atoms with van der Waals surface area (Å²) in [4.78, 5) is 34.4. The Morgan fingerprint density at radius 2 is 1.16 bits per heavy atom. The van der Waals surface area contributed by atoms with E-state index in [9.17, 15) is 19.5 Å². The summed E-state index contributed by atoms with van der Waals surface area (Å²) in [5, 5.41) is 18.2. The number of unbranched alkanes of at least 4 members (excludes halogenated alkanes) is 13. The highest BCUT2D eigenvalue weighted by molar-refractivity contribution is 6.04. The smallest absolute Gasteiger partial charge is 0.339 e. The van der Waals surface area contributed by atoms with Gasteiger partial charge in [-0.15, -0.1) is 0 Å². The second-order valence-electron chi connectivity index (χ2n) is 8.10. The Morgan fingerprint density at radius 1 is 0.677 bits per heavy atom. The zero-order valence-corrected chi connectivity index (χ0v) is 18.9. The van der Waals surface area contributed by atoms with E-state index in [2.05, 4.69) is 6.92 Å². The molecule has 31 heavy (non-hydrogen) atoms. The second-order valence-corrected chi connectivity index (χ2v) is 8.10. The van der Waals surface area contributed by atoms with Gasteiger partial charge in [0.05, 0.1) is 23.3 Å². The van der Waals surface area contributed by atoms with Crippen molar-refractivity contribution >= 4 is 17.9 Å².